The molecule has 0 saturated carbocycles. The second-order valence-corrected chi connectivity index (χ2v) is 10.1. The number of nitrogens with one attached hydrogen (secondary N) is 1. The number of likely N-dealkylation sites (N-methyl/N-ethyl adjacent to an activating group) is 1. The summed E-state index contributed by atoms with van der Waals surface area (Å²) >= 11 is 0. The topological polar surface area (TPSA) is 54.0 Å². The van der Waals surface area contributed by atoms with Crippen LogP contribution in [-0.2, 0) is 16.0 Å². The van der Waals surface area contributed by atoms with Crippen LogP contribution in [0, 0.1) is 0 Å². The van der Waals surface area contributed by atoms with Crippen LogP contribution in [-0.4, -0.2) is 74.3 Å². The van der Waals surface area contributed by atoms with Gasteiger partial charge in [-0.3, -0.25) is 9.69 Å². The first-order valence-electron chi connectivity index (χ1n) is 13.1. The van der Waals surface area contributed by atoms with E-state index in [0.717, 1.165) is 43.6 Å². The van der Waals surface area contributed by atoms with Crippen molar-refractivity contribution in [2.24, 2.45) is 0 Å². The first kappa shape index (κ1) is 24.8. The Labute approximate surface area is 214 Å². The van der Waals surface area contributed by atoms with Crippen molar-refractivity contribution in [1.29, 1.82) is 0 Å². The molecule has 1 unspecified atom stereocenters. The molecule has 1 N–H and O–H groups in total. The molecule has 6 heteroatoms. The van der Waals surface area contributed by atoms with Crippen LogP contribution in [0.3, 0.4) is 0 Å². The largest absolute Gasteiger partial charge is 0.493 e. The predicted molar refractivity (Wildman–Crippen MR) is 143 cm³/mol. The lowest BCUT2D eigenvalue weighted by Crippen LogP contribution is -2.52. The molecule has 0 aromatic heterocycles. The van der Waals surface area contributed by atoms with Crippen LogP contribution in [0.5, 0.6) is 5.75 Å². The van der Waals surface area contributed by atoms with Gasteiger partial charge in [-0.1, -0.05) is 60.7 Å². The van der Waals surface area contributed by atoms with Gasteiger partial charge in [-0.25, -0.2) is 0 Å². The van der Waals surface area contributed by atoms with Gasteiger partial charge < -0.3 is 19.7 Å². The molecule has 0 bridgehead atoms. The maximum atomic E-state index is 13.0. The number of nitrogens with zero attached hydrogens (tertiary/aromatic N) is 2. The summed E-state index contributed by atoms with van der Waals surface area (Å²) < 4.78 is 12.1. The van der Waals surface area contributed by atoms with Gasteiger partial charge in [0.2, 0.25) is 0 Å². The molecule has 0 radical (unpaired) electrons. The zero-order valence-electron chi connectivity index (χ0n) is 21.4. The van der Waals surface area contributed by atoms with E-state index in [0.29, 0.717) is 19.7 Å². The molecule has 2 heterocycles. The summed E-state index contributed by atoms with van der Waals surface area (Å²) in [5, 5.41) is 5.55. The normalized spacial score (nSPS) is 22.8. The summed E-state index contributed by atoms with van der Waals surface area (Å²) in [5.41, 5.74) is 2.69. The van der Waals surface area contributed by atoms with Gasteiger partial charge in [-0.15, -0.1) is 0 Å². The lowest BCUT2D eigenvalue weighted by Gasteiger charge is -2.38. The molecule has 1 amide bonds. The quantitative estimate of drug-likeness (QED) is 0.486. The van der Waals surface area contributed by atoms with Crippen molar-refractivity contribution in [1.82, 2.24) is 15.1 Å². The van der Waals surface area contributed by atoms with Crippen LogP contribution in [0.4, 0.5) is 0 Å². The van der Waals surface area contributed by atoms with Crippen molar-refractivity contribution < 1.29 is 14.3 Å². The Hall–Kier alpha value is -2.93. The summed E-state index contributed by atoms with van der Waals surface area (Å²) in [5.74, 6) is 0.920. The van der Waals surface area contributed by atoms with Crippen LogP contribution >= 0.6 is 0 Å². The van der Waals surface area contributed by atoms with Crippen LogP contribution in [0.15, 0.2) is 66.7 Å². The molecule has 2 aliphatic rings. The van der Waals surface area contributed by atoms with Crippen LogP contribution in [0.2, 0.25) is 0 Å². The number of morpholine rings is 1. The smallest absolute Gasteiger partial charge is 0.250 e. The highest BCUT2D eigenvalue weighted by Crippen LogP contribution is 2.30. The summed E-state index contributed by atoms with van der Waals surface area (Å²) in [6.07, 6.45) is 1.59. The number of amides is 1. The van der Waals surface area contributed by atoms with E-state index in [2.05, 4.69) is 69.7 Å². The first-order valence-corrected chi connectivity index (χ1v) is 13.1. The molecular weight excluding hydrogens is 450 g/mol. The Morgan fingerprint density at radius 2 is 1.86 bits per heavy atom. The summed E-state index contributed by atoms with van der Waals surface area (Å²) in [7, 11) is 2.04. The molecule has 190 valence electrons. The third-order valence-corrected chi connectivity index (χ3v) is 7.33. The number of carbonyl (C=O) groups is 1. The van der Waals surface area contributed by atoms with Gasteiger partial charge in [0, 0.05) is 38.1 Å². The second kappa shape index (κ2) is 11.4. The van der Waals surface area contributed by atoms with Crippen molar-refractivity contribution in [3.8, 4) is 5.75 Å². The van der Waals surface area contributed by atoms with Crippen molar-refractivity contribution in [2.45, 2.75) is 38.0 Å². The highest BCUT2D eigenvalue weighted by molar-refractivity contribution is 5.88. The van der Waals surface area contributed by atoms with Gasteiger partial charge in [0.25, 0.3) is 5.91 Å². The molecule has 6 nitrogen and oxygen atoms in total. The van der Waals surface area contributed by atoms with E-state index in [4.69, 9.17) is 9.47 Å². The molecule has 3 atom stereocenters. The molecule has 1 fully saturated rings. The lowest BCUT2D eigenvalue weighted by atomic mass is 9.92. The Bertz CT molecular complexity index is 1170. The van der Waals surface area contributed by atoms with Crippen molar-refractivity contribution in [2.75, 3.05) is 46.4 Å². The highest BCUT2D eigenvalue weighted by atomic mass is 16.5. The minimum atomic E-state index is -0.417. The molecule has 36 heavy (non-hydrogen) atoms. The monoisotopic (exact) mass is 487 g/mol. The molecule has 3 aromatic rings. The SMILES string of the molecule is C[C@@H]1CN(C)C[C@H](C(=O)NCC2c3ccccc3CCN2CCCOc2cccc3ccccc23)O1. The molecule has 2 aliphatic heterocycles. The second-order valence-electron chi connectivity index (χ2n) is 10.1. The van der Waals surface area contributed by atoms with E-state index < -0.39 is 6.10 Å². The van der Waals surface area contributed by atoms with Gasteiger partial charge >= 0.3 is 0 Å². The molecule has 1 saturated heterocycles. The molecule has 0 aliphatic carbocycles. The van der Waals surface area contributed by atoms with Gasteiger partial charge in [0.1, 0.15) is 11.9 Å². The number of hydrogen-bond acceptors (Lipinski definition) is 5. The van der Waals surface area contributed by atoms with Crippen molar-refractivity contribution in [3.05, 3.63) is 77.9 Å². The average Bonchev–Trinajstić information content (AvgIpc) is 2.89. The zero-order chi connectivity index (χ0) is 24.9. The Morgan fingerprint density at radius 1 is 1.06 bits per heavy atom. The van der Waals surface area contributed by atoms with E-state index in [-0.39, 0.29) is 18.1 Å². The first-order chi connectivity index (χ1) is 17.6. The molecule has 0 spiro atoms. The summed E-state index contributed by atoms with van der Waals surface area (Å²) in [6.45, 7) is 6.64. The molecule has 3 aromatic carbocycles. The number of rotatable bonds is 8. The third kappa shape index (κ3) is 5.72. The number of benzene rings is 3. The Balaban J connectivity index is 1.20. The summed E-state index contributed by atoms with van der Waals surface area (Å²) in [6, 6.07) is 23.3. The van der Waals surface area contributed by atoms with E-state index in [1.54, 1.807) is 0 Å². The van der Waals surface area contributed by atoms with Gasteiger partial charge in [0.15, 0.2) is 0 Å². The standard InChI is InChI=1S/C30H37N3O3/c1-22-20-32(2)21-29(36-22)30(34)31-19-27-25-12-5-3-10-24(25)15-17-33(27)16-8-18-35-28-14-7-11-23-9-4-6-13-26(23)28/h3-7,9-14,22,27,29H,8,15-21H2,1-2H3,(H,31,34)/t22-,27?,29-/m1/s1. The molecular formula is C30H37N3O3. The predicted octanol–water partition coefficient (Wildman–Crippen LogP) is 4.04. The minimum absolute atomic E-state index is 0.0179. The number of carbonyl (C=O) groups excluding carboxylic acids is 1. The van der Waals surface area contributed by atoms with Crippen molar-refractivity contribution in [3.63, 3.8) is 0 Å². The lowest BCUT2D eigenvalue weighted by molar-refractivity contribution is -0.144. The van der Waals surface area contributed by atoms with Gasteiger partial charge in [-0.05, 0) is 49.4 Å². The van der Waals surface area contributed by atoms with Crippen molar-refractivity contribution >= 4 is 16.7 Å². The number of fused-ring (bicyclic) bond motifs is 2. The highest BCUT2D eigenvalue weighted by Gasteiger charge is 2.31. The third-order valence-electron chi connectivity index (χ3n) is 7.33. The maximum absolute atomic E-state index is 13.0. The fourth-order valence-electron chi connectivity index (χ4n) is 5.60. The van der Waals surface area contributed by atoms with E-state index >= 15 is 0 Å². The van der Waals surface area contributed by atoms with Crippen LogP contribution in [0.1, 0.15) is 30.5 Å². The van der Waals surface area contributed by atoms with E-state index in [1.807, 2.05) is 26.1 Å². The maximum Gasteiger partial charge on any atom is 0.250 e. The number of hydrogen-bond donors (Lipinski definition) is 1. The Morgan fingerprint density at radius 3 is 2.75 bits per heavy atom. The minimum Gasteiger partial charge on any atom is -0.493 e. The zero-order valence-corrected chi connectivity index (χ0v) is 21.4. The fourth-order valence-corrected chi connectivity index (χ4v) is 5.60. The number of ether oxygens (including phenoxy) is 2. The van der Waals surface area contributed by atoms with Gasteiger partial charge in [0.05, 0.1) is 18.8 Å². The van der Waals surface area contributed by atoms with Gasteiger partial charge in [-0.2, -0.15) is 0 Å². The van der Waals surface area contributed by atoms with Crippen LogP contribution in [0.25, 0.3) is 10.8 Å². The van der Waals surface area contributed by atoms with E-state index in [9.17, 15) is 4.79 Å². The average molecular weight is 488 g/mol. The molecule has 5 rings (SSSR count). The fraction of sp³-hybridized carbons (Fsp3) is 0.433. The van der Waals surface area contributed by atoms with E-state index in [1.165, 1.54) is 16.5 Å². The Kier molecular flexibility index (Phi) is 7.85. The van der Waals surface area contributed by atoms with Crippen LogP contribution < -0.4 is 10.1 Å². The summed E-state index contributed by atoms with van der Waals surface area (Å²) in [4.78, 5) is 17.6.